The van der Waals surface area contributed by atoms with Crippen molar-refractivity contribution in [2.45, 2.75) is 71.6 Å². The lowest BCUT2D eigenvalue weighted by Crippen LogP contribution is -2.16. The topological polar surface area (TPSA) is 131 Å². The minimum Gasteiger partial charge on any atom is -0.394 e. The Bertz CT molecular complexity index is 592. The van der Waals surface area contributed by atoms with E-state index in [1.54, 1.807) is 0 Å². The van der Waals surface area contributed by atoms with Gasteiger partial charge in [0.2, 0.25) is 0 Å². The largest absolute Gasteiger partial charge is 0.394 e. The monoisotopic (exact) mass is 729 g/mol. The quantitative estimate of drug-likeness (QED) is 0.0893. The molecular weight excluding hydrogens is 652 g/mol. The zero-order valence-corrected chi connectivity index (χ0v) is 32.0. The van der Waals surface area contributed by atoms with Crippen molar-refractivity contribution >= 4 is 0 Å². The number of unbranched alkanes of at least 4 members (excludes halogenated alkanes) is 5. The van der Waals surface area contributed by atoms with Crippen molar-refractivity contribution in [3.63, 3.8) is 0 Å². The molecule has 0 saturated carbocycles. The second kappa shape index (κ2) is 46.5. The van der Waals surface area contributed by atoms with Crippen LogP contribution in [0.1, 0.15) is 71.6 Å². The first-order valence-electron chi connectivity index (χ1n) is 19.4. The fourth-order valence-electron chi connectivity index (χ4n) is 4.59. The van der Waals surface area contributed by atoms with E-state index in [1.807, 2.05) is 0 Å². The van der Waals surface area contributed by atoms with Gasteiger partial charge < -0.3 is 61.9 Å². The van der Waals surface area contributed by atoms with E-state index < -0.39 is 0 Å². The molecular formula is C37H76O13. The molecule has 0 saturated heterocycles. The maximum atomic E-state index is 8.59. The molecule has 0 aromatic carbocycles. The molecule has 0 heterocycles. The van der Waals surface area contributed by atoms with E-state index >= 15 is 0 Å². The summed E-state index contributed by atoms with van der Waals surface area (Å²) in [5, 5.41) is 8.59. The van der Waals surface area contributed by atoms with Crippen molar-refractivity contribution in [2.24, 2.45) is 5.92 Å². The van der Waals surface area contributed by atoms with Crippen LogP contribution in [-0.4, -0.2) is 170 Å². The molecule has 0 amide bonds. The standard InChI is InChI=1S/C37H76O13/c1-3-5-7-9-11-37(10-8-6-4-2)36-50-35-34-49-33-32-48-31-30-47-29-28-46-27-26-45-25-24-44-23-22-43-21-20-42-19-18-41-17-16-40-15-14-39-13-12-38/h37-38H,3-36H2,1-2H3. The van der Waals surface area contributed by atoms with Gasteiger partial charge in [0.15, 0.2) is 0 Å². The summed E-state index contributed by atoms with van der Waals surface area (Å²) in [6, 6.07) is 0. The van der Waals surface area contributed by atoms with Gasteiger partial charge in [-0.15, -0.1) is 0 Å². The molecule has 1 N–H and O–H groups in total. The van der Waals surface area contributed by atoms with Crippen molar-refractivity contribution in [1.29, 1.82) is 0 Å². The molecule has 0 aliphatic carbocycles. The van der Waals surface area contributed by atoms with Gasteiger partial charge in [0.05, 0.1) is 159 Å². The smallest absolute Gasteiger partial charge is 0.0701 e. The van der Waals surface area contributed by atoms with Gasteiger partial charge >= 0.3 is 0 Å². The van der Waals surface area contributed by atoms with Crippen LogP contribution in [0.25, 0.3) is 0 Å². The molecule has 1 atom stereocenters. The zero-order chi connectivity index (χ0) is 36.1. The average molecular weight is 729 g/mol. The van der Waals surface area contributed by atoms with Crippen LogP contribution in [-0.2, 0) is 56.8 Å². The minimum atomic E-state index is 0.0268. The van der Waals surface area contributed by atoms with Crippen molar-refractivity contribution in [3.8, 4) is 0 Å². The molecule has 13 nitrogen and oxygen atoms in total. The van der Waals surface area contributed by atoms with E-state index in [1.165, 1.54) is 57.8 Å². The molecule has 50 heavy (non-hydrogen) atoms. The first-order chi connectivity index (χ1) is 24.8. The zero-order valence-electron chi connectivity index (χ0n) is 32.0. The van der Waals surface area contributed by atoms with Crippen LogP contribution in [0.4, 0.5) is 0 Å². The third-order valence-electron chi connectivity index (χ3n) is 7.36. The van der Waals surface area contributed by atoms with Crippen LogP contribution < -0.4 is 0 Å². The van der Waals surface area contributed by atoms with Crippen LogP contribution >= 0.6 is 0 Å². The van der Waals surface area contributed by atoms with Crippen molar-refractivity contribution in [3.05, 3.63) is 0 Å². The Morgan fingerprint density at radius 1 is 0.300 bits per heavy atom. The van der Waals surface area contributed by atoms with E-state index in [9.17, 15) is 0 Å². The second-order valence-electron chi connectivity index (χ2n) is 11.7. The molecule has 0 fully saturated rings. The first kappa shape index (κ1) is 49.5. The second-order valence-corrected chi connectivity index (χ2v) is 11.7. The number of ether oxygens (including phenoxy) is 12. The Kier molecular flexibility index (Phi) is 46.0. The summed E-state index contributed by atoms with van der Waals surface area (Å²) >= 11 is 0. The van der Waals surface area contributed by atoms with Gasteiger partial charge in [0.25, 0.3) is 0 Å². The van der Waals surface area contributed by atoms with Crippen LogP contribution in [0.5, 0.6) is 0 Å². The highest BCUT2D eigenvalue weighted by molar-refractivity contribution is 4.60. The lowest BCUT2D eigenvalue weighted by Gasteiger charge is -2.17. The van der Waals surface area contributed by atoms with Crippen molar-refractivity contribution in [2.75, 3.05) is 165 Å². The maximum absolute atomic E-state index is 8.59. The highest BCUT2D eigenvalue weighted by atomic mass is 16.6. The number of hydrogen-bond acceptors (Lipinski definition) is 13. The minimum absolute atomic E-state index is 0.0268. The van der Waals surface area contributed by atoms with Gasteiger partial charge in [0.1, 0.15) is 0 Å². The summed E-state index contributed by atoms with van der Waals surface area (Å²) in [5.74, 6) is 0.688. The normalized spacial score (nSPS) is 12.3. The average Bonchev–Trinajstić information content (AvgIpc) is 3.13. The van der Waals surface area contributed by atoms with Crippen LogP contribution in [0.3, 0.4) is 0 Å². The summed E-state index contributed by atoms with van der Waals surface area (Å²) in [4.78, 5) is 0. The fourth-order valence-corrected chi connectivity index (χ4v) is 4.59. The molecule has 0 rings (SSSR count). The van der Waals surface area contributed by atoms with E-state index in [2.05, 4.69) is 13.8 Å². The number of aliphatic hydroxyl groups excluding tert-OH is 1. The fraction of sp³-hybridized carbons (Fsp3) is 1.00. The summed E-state index contributed by atoms with van der Waals surface area (Å²) in [6.45, 7) is 17.3. The maximum Gasteiger partial charge on any atom is 0.0701 e. The molecule has 0 aliphatic heterocycles. The summed E-state index contributed by atoms with van der Waals surface area (Å²) < 4.78 is 65.9. The summed E-state index contributed by atoms with van der Waals surface area (Å²) in [7, 11) is 0. The Morgan fingerprint density at radius 2 is 0.540 bits per heavy atom. The molecule has 0 aromatic heterocycles. The Morgan fingerprint density at radius 3 is 0.820 bits per heavy atom. The third-order valence-corrected chi connectivity index (χ3v) is 7.36. The number of rotatable bonds is 46. The number of hydrogen-bond donors (Lipinski definition) is 1. The lowest BCUT2D eigenvalue weighted by atomic mass is 9.95. The van der Waals surface area contributed by atoms with Crippen LogP contribution in [0.15, 0.2) is 0 Å². The molecule has 0 bridgehead atoms. The third kappa shape index (κ3) is 43.6. The van der Waals surface area contributed by atoms with Gasteiger partial charge in [-0.2, -0.15) is 0 Å². The van der Waals surface area contributed by atoms with E-state index in [4.69, 9.17) is 61.9 Å². The highest BCUT2D eigenvalue weighted by Crippen LogP contribution is 2.18. The molecule has 0 aliphatic rings. The number of aliphatic hydroxyl groups is 1. The predicted molar refractivity (Wildman–Crippen MR) is 193 cm³/mol. The summed E-state index contributed by atoms with van der Waals surface area (Å²) in [6.07, 6.45) is 11.8. The first-order valence-corrected chi connectivity index (χ1v) is 19.4. The Balaban J connectivity index is 3.21. The van der Waals surface area contributed by atoms with E-state index in [0.717, 1.165) is 6.61 Å². The highest BCUT2D eigenvalue weighted by Gasteiger charge is 2.09. The van der Waals surface area contributed by atoms with Crippen LogP contribution in [0.2, 0.25) is 0 Å². The van der Waals surface area contributed by atoms with Gasteiger partial charge in [-0.05, 0) is 18.8 Å². The van der Waals surface area contributed by atoms with Crippen molar-refractivity contribution < 1.29 is 61.9 Å². The van der Waals surface area contributed by atoms with Gasteiger partial charge in [0, 0.05) is 6.61 Å². The molecule has 302 valence electrons. The molecule has 1 unspecified atom stereocenters. The van der Waals surface area contributed by atoms with E-state index in [-0.39, 0.29) is 6.61 Å². The van der Waals surface area contributed by atoms with Gasteiger partial charge in [-0.3, -0.25) is 0 Å². The summed E-state index contributed by atoms with van der Waals surface area (Å²) in [5.41, 5.74) is 0. The Hall–Kier alpha value is -0.520. The van der Waals surface area contributed by atoms with Gasteiger partial charge in [-0.25, -0.2) is 0 Å². The lowest BCUT2D eigenvalue weighted by molar-refractivity contribution is -0.0289. The van der Waals surface area contributed by atoms with E-state index in [0.29, 0.717) is 158 Å². The van der Waals surface area contributed by atoms with Crippen molar-refractivity contribution in [1.82, 2.24) is 0 Å². The molecule has 0 radical (unpaired) electrons. The van der Waals surface area contributed by atoms with Gasteiger partial charge in [-0.1, -0.05) is 58.8 Å². The molecule has 0 aromatic rings. The predicted octanol–water partition coefficient (Wildman–Crippen LogP) is 4.34. The molecule has 13 heteroatoms. The molecule has 0 spiro atoms. The Labute approximate surface area is 304 Å². The van der Waals surface area contributed by atoms with Crippen LogP contribution in [0, 0.1) is 5.92 Å². The SMILES string of the molecule is CCCCCCC(CCCCC)COCCOCCOCCOCCOCCOCCOCCOCCOCCOCCOCCOCCO.